The molecule has 0 bridgehead atoms. The van der Waals surface area contributed by atoms with Crippen LogP contribution in [0.1, 0.15) is 33.6 Å². The third-order valence-corrected chi connectivity index (χ3v) is 2.14. The van der Waals surface area contributed by atoms with E-state index < -0.39 is 6.03 Å². The van der Waals surface area contributed by atoms with Crippen LogP contribution in [-0.2, 0) is 0 Å². The van der Waals surface area contributed by atoms with Crippen molar-refractivity contribution in [1.82, 2.24) is 5.43 Å². The number of carbonyl (C=O) groups is 1. The fourth-order valence-corrected chi connectivity index (χ4v) is 1.89. The first-order valence-corrected chi connectivity index (χ1v) is 4.68. The minimum atomic E-state index is -0.619. The predicted molar refractivity (Wildman–Crippen MR) is 56.9 cm³/mol. The summed E-state index contributed by atoms with van der Waals surface area (Å²) in [5.41, 5.74) is 9.58. The maximum atomic E-state index is 10.5. The number of rotatable bonds is 1. The average molecular weight is 195 g/mol. The third kappa shape index (κ3) is 3.20. The molecule has 0 radical (unpaired) electrons. The number of hydrazone groups is 1. The Kier molecular flexibility index (Phi) is 2.93. The third-order valence-electron chi connectivity index (χ3n) is 2.14. The highest BCUT2D eigenvalue weighted by Crippen LogP contribution is 2.33. The van der Waals surface area contributed by atoms with Crippen molar-refractivity contribution in [3.8, 4) is 0 Å². The average Bonchev–Trinajstić information content (AvgIpc) is 1.96. The van der Waals surface area contributed by atoms with Crippen LogP contribution in [0, 0.1) is 5.41 Å². The molecule has 3 N–H and O–H groups in total. The summed E-state index contributed by atoms with van der Waals surface area (Å²) >= 11 is 0. The highest BCUT2D eigenvalue weighted by Gasteiger charge is 2.24. The van der Waals surface area contributed by atoms with E-state index in [0.717, 1.165) is 18.6 Å². The Morgan fingerprint density at radius 3 is 2.71 bits per heavy atom. The second-order valence-electron chi connectivity index (χ2n) is 4.59. The van der Waals surface area contributed by atoms with Crippen LogP contribution in [0.25, 0.3) is 0 Å². The highest BCUT2D eigenvalue weighted by atomic mass is 16.2. The molecule has 0 fully saturated rings. The SMILES string of the molecule is CC1=C/C(=N/NC(N)=O)CC(C)(C)C1. The Morgan fingerprint density at radius 2 is 2.21 bits per heavy atom. The zero-order valence-electron chi connectivity index (χ0n) is 8.92. The first-order valence-electron chi connectivity index (χ1n) is 4.68. The first-order chi connectivity index (χ1) is 6.39. The van der Waals surface area contributed by atoms with E-state index in [9.17, 15) is 4.79 Å². The summed E-state index contributed by atoms with van der Waals surface area (Å²) in [7, 11) is 0. The molecule has 0 spiro atoms. The van der Waals surface area contributed by atoms with E-state index in [0.29, 0.717) is 0 Å². The van der Waals surface area contributed by atoms with Crippen molar-refractivity contribution in [2.24, 2.45) is 16.3 Å². The van der Waals surface area contributed by atoms with Gasteiger partial charge in [0.15, 0.2) is 0 Å². The Morgan fingerprint density at radius 1 is 1.57 bits per heavy atom. The van der Waals surface area contributed by atoms with Gasteiger partial charge in [0.2, 0.25) is 0 Å². The van der Waals surface area contributed by atoms with Crippen LogP contribution in [0.5, 0.6) is 0 Å². The number of amides is 2. The molecule has 1 aliphatic carbocycles. The lowest BCUT2D eigenvalue weighted by Gasteiger charge is -2.29. The Bertz CT molecular complexity index is 302. The fraction of sp³-hybridized carbons (Fsp3) is 0.600. The quantitative estimate of drug-likeness (QED) is 0.615. The molecule has 1 rings (SSSR count). The number of hydrogen-bond donors (Lipinski definition) is 2. The monoisotopic (exact) mass is 195 g/mol. The fourth-order valence-electron chi connectivity index (χ4n) is 1.89. The van der Waals surface area contributed by atoms with E-state index in [4.69, 9.17) is 5.73 Å². The number of hydrogen-bond acceptors (Lipinski definition) is 2. The summed E-state index contributed by atoms with van der Waals surface area (Å²) in [6, 6.07) is -0.619. The normalized spacial score (nSPS) is 23.1. The van der Waals surface area contributed by atoms with Crippen molar-refractivity contribution in [2.45, 2.75) is 33.6 Å². The lowest BCUT2D eigenvalue weighted by Crippen LogP contribution is -2.28. The summed E-state index contributed by atoms with van der Waals surface area (Å²) < 4.78 is 0. The first kappa shape index (κ1) is 10.8. The number of carbonyl (C=O) groups excluding carboxylic acids is 1. The zero-order chi connectivity index (χ0) is 10.8. The molecule has 1 aliphatic rings. The Hall–Kier alpha value is -1.32. The highest BCUT2D eigenvalue weighted by molar-refractivity contribution is 5.97. The van der Waals surface area contributed by atoms with Gasteiger partial charge in [0.05, 0.1) is 5.71 Å². The van der Waals surface area contributed by atoms with Gasteiger partial charge in [-0.3, -0.25) is 0 Å². The van der Waals surface area contributed by atoms with Crippen molar-refractivity contribution in [1.29, 1.82) is 0 Å². The lowest BCUT2D eigenvalue weighted by molar-refractivity contribution is 0.249. The maximum absolute atomic E-state index is 10.5. The Labute approximate surface area is 84.2 Å². The summed E-state index contributed by atoms with van der Waals surface area (Å²) in [5, 5.41) is 3.94. The maximum Gasteiger partial charge on any atom is 0.332 e. The number of urea groups is 1. The van der Waals surface area contributed by atoms with Crippen LogP contribution in [0.3, 0.4) is 0 Å². The van der Waals surface area contributed by atoms with Gasteiger partial charge in [-0.15, -0.1) is 0 Å². The largest absolute Gasteiger partial charge is 0.350 e. The molecular weight excluding hydrogens is 178 g/mol. The summed E-state index contributed by atoms with van der Waals surface area (Å²) in [5.74, 6) is 0. The molecule has 0 atom stereocenters. The Balaban J connectivity index is 2.76. The van der Waals surface area contributed by atoms with Gasteiger partial charge in [-0.2, -0.15) is 5.10 Å². The smallest absolute Gasteiger partial charge is 0.332 e. The molecule has 0 aliphatic heterocycles. The van der Waals surface area contributed by atoms with Gasteiger partial charge < -0.3 is 5.73 Å². The molecule has 14 heavy (non-hydrogen) atoms. The number of allylic oxidation sites excluding steroid dienone is 2. The molecule has 78 valence electrons. The minimum absolute atomic E-state index is 0.219. The van der Waals surface area contributed by atoms with Gasteiger partial charge in [-0.05, 0) is 31.3 Å². The van der Waals surface area contributed by atoms with Gasteiger partial charge in [0.1, 0.15) is 0 Å². The van der Waals surface area contributed by atoms with E-state index in [-0.39, 0.29) is 5.41 Å². The van der Waals surface area contributed by atoms with Crippen molar-refractivity contribution in [2.75, 3.05) is 0 Å². The van der Waals surface area contributed by atoms with Crippen LogP contribution in [-0.4, -0.2) is 11.7 Å². The van der Waals surface area contributed by atoms with E-state index in [1.165, 1.54) is 5.57 Å². The van der Waals surface area contributed by atoms with Gasteiger partial charge >= 0.3 is 6.03 Å². The molecule has 0 saturated heterocycles. The second-order valence-corrected chi connectivity index (χ2v) is 4.59. The minimum Gasteiger partial charge on any atom is -0.350 e. The predicted octanol–water partition coefficient (Wildman–Crippen LogP) is 1.78. The van der Waals surface area contributed by atoms with E-state index in [1.807, 2.05) is 6.08 Å². The van der Waals surface area contributed by atoms with Gasteiger partial charge in [-0.1, -0.05) is 19.4 Å². The van der Waals surface area contributed by atoms with E-state index >= 15 is 0 Å². The summed E-state index contributed by atoms with van der Waals surface area (Å²) in [4.78, 5) is 10.5. The van der Waals surface area contributed by atoms with Crippen molar-refractivity contribution >= 4 is 11.7 Å². The summed E-state index contributed by atoms with van der Waals surface area (Å²) in [6.45, 7) is 6.44. The lowest BCUT2D eigenvalue weighted by atomic mass is 9.77. The zero-order valence-corrected chi connectivity index (χ0v) is 8.92. The number of primary amides is 1. The number of nitrogens with zero attached hydrogens (tertiary/aromatic N) is 1. The van der Waals surface area contributed by atoms with Crippen molar-refractivity contribution in [3.63, 3.8) is 0 Å². The van der Waals surface area contributed by atoms with Crippen LogP contribution in [0.2, 0.25) is 0 Å². The molecule has 0 aromatic carbocycles. The molecule has 4 heteroatoms. The van der Waals surface area contributed by atoms with E-state index in [2.05, 4.69) is 31.3 Å². The standard InChI is InChI=1S/C10H17N3O/c1-7-4-8(12-13-9(11)14)6-10(2,3)5-7/h4H,5-6H2,1-3H3,(H3,11,13,14)/b12-8-. The van der Waals surface area contributed by atoms with Crippen LogP contribution < -0.4 is 11.2 Å². The molecular formula is C10H17N3O. The molecule has 0 aromatic heterocycles. The molecule has 0 unspecified atom stereocenters. The number of nitrogens with one attached hydrogen (secondary N) is 1. The van der Waals surface area contributed by atoms with Crippen LogP contribution in [0.4, 0.5) is 4.79 Å². The van der Waals surface area contributed by atoms with Crippen molar-refractivity contribution < 1.29 is 4.79 Å². The van der Waals surface area contributed by atoms with Gasteiger partial charge in [0.25, 0.3) is 0 Å². The van der Waals surface area contributed by atoms with Crippen molar-refractivity contribution in [3.05, 3.63) is 11.6 Å². The molecule has 2 amide bonds. The number of nitrogens with two attached hydrogens (primary N) is 1. The molecule has 0 aromatic rings. The van der Waals surface area contributed by atoms with Crippen LogP contribution >= 0.6 is 0 Å². The molecule has 4 nitrogen and oxygen atoms in total. The van der Waals surface area contributed by atoms with E-state index in [1.54, 1.807) is 0 Å². The van der Waals surface area contributed by atoms with Gasteiger partial charge in [-0.25, -0.2) is 10.2 Å². The van der Waals surface area contributed by atoms with Gasteiger partial charge in [0, 0.05) is 0 Å². The summed E-state index contributed by atoms with van der Waals surface area (Å²) in [6.07, 6.45) is 3.94. The second kappa shape index (κ2) is 3.82. The molecule has 0 saturated carbocycles. The molecule has 0 heterocycles. The topological polar surface area (TPSA) is 67.5 Å². The van der Waals surface area contributed by atoms with Crippen LogP contribution in [0.15, 0.2) is 16.8 Å².